The third kappa shape index (κ3) is 4.50. The van der Waals surface area contributed by atoms with Gasteiger partial charge in [-0.2, -0.15) is 0 Å². The van der Waals surface area contributed by atoms with E-state index in [-0.39, 0.29) is 11.7 Å². The van der Waals surface area contributed by atoms with Gasteiger partial charge in [-0.1, -0.05) is 19.3 Å². The molecule has 0 radical (unpaired) electrons. The zero-order valence-electron chi connectivity index (χ0n) is 17.4. The second-order valence-electron chi connectivity index (χ2n) is 8.37. The highest BCUT2D eigenvalue weighted by Crippen LogP contribution is 2.34. The summed E-state index contributed by atoms with van der Waals surface area (Å²) in [5, 5.41) is 2.65. The van der Waals surface area contributed by atoms with Gasteiger partial charge in [0.1, 0.15) is 21.3 Å². The van der Waals surface area contributed by atoms with E-state index in [1.54, 1.807) is 17.8 Å². The van der Waals surface area contributed by atoms with Gasteiger partial charge < -0.3 is 9.88 Å². The van der Waals surface area contributed by atoms with E-state index in [9.17, 15) is 17.8 Å². The molecule has 3 heterocycles. The van der Waals surface area contributed by atoms with Gasteiger partial charge in [0.2, 0.25) is 0 Å². The molecule has 4 rings (SSSR count). The molecule has 10 heteroatoms. The zero-order valence-corrected chi connectivity index (χ0v) is 18.2. The quantitative estimate of drug-likeness (QED) is 0.642. The summed E-state index contributed by atoms with van der Waals surface area (Å²) >= 11 is 0. The van der Waals surface area contributed by atoms with Gasteiger partial charge >= 0.3 is 0 Å². The Bertz CT molecular complexity index is 1080. The Hall–Kier alpha value is -2.33. The fourth-order valence-electron chi connectivity index (χ4n) is 4.77. The Kier molecular flexibility index (Phi) is 6.11. The number of hydrogen-bond donors (Lipinski definition) is 3. The minimum absolute atomic E-state index is 0.0206. The maximum Gasteiger partial charge on any atom is 0.280 e. The number of aromatic nitrogens is 2. The number of nitrogens with one attached hydrogen (secondary N) is 3. The smallest absolute Gasteiger partial charge is 0.280 e. The Labute approximate surface area is 180 Å². The van der Waals surface area contributed by atoms with E-state index in [0.717, 1.165) is 31.7 Å². The number of carbonyl (C=O) groups excluding carboxylic acids is 1. The summed E-state index contributed by atoms with van der Waals surface area (Å²) in [5.74, 6) is -0.0963. The molecule has 1 aliphatic carbocycles. The first kappa shape index (κ1) is 21.9. The molecule has 1 saturated carbocycles. The van der Waals surface area contributed by atoms with Gasteiger partial charge in [0.15, 0.2) is 0 Å². The Morgan fingerprint density at radius 3 is 2.77 bits per heavy atom. The molecule has 31 heavy (non-hydrogen) atoms. The van der Waals surface area contributed by atoms with Gasteiger partial charge in [-0.15, -0.1) is 0 Å². The summed E-state index contributed by atoms with van der Waals surface area (Å²) in [6.07, 6.45) is 6.92. The van der Waals surface area contributed by atoms with Crippen molar-refractivity contribution in [3.8, 4) is 0 Å². The van der Waals surface area contributed by atoms with Crippen LogP contribution in [0.25, 0.3) is 0 Å². The number of halogens is 2. The van der Waals surface area contributed by atoms with Crippen LogP contribution in [-0.2, 0) is 23.4 Å². The van der Waals surface area contributed by atoms with E-state index in [1.807, 2.05) is 0 Å². The molecule has 2 aromatic rings. The molecule has 1 unspecified atom stereocenters. The van der Waals surface area contributed by atoms with Crippen LogP contribution in [0.15, 0.2) is 29.4 Å². The lowest BCUT2D eigenvalue weighted by molar-refractivity contribution is 0.101. The van der Waals surface area contributed by atoms with Crippen molar-refractivity contribution in [1.29, 1.82) is 4.78 Å². The average Bonchev–Trinajstić information content (AvgIpc) is 3.02. The van der Waals surface area contributed by atoms with E-state index in [1.165, 1.54) is 18.7 Å². The first-order valence-electron chi connectivity index (χ1n) is 10.6. The highest BCUT2D eigenvalue weighted by Gasteiger charge is 2.34. The molecule has 0 bridgehead atoms. The van der Waals surface area contributed by atoms with Crippen molar-refractivity contribution < 1.29 is 17.8 Å². The molecule has 1 aliphatic heterocycles. The minimum Gasteiger partial charge on any atom is -0.345 e. The zero-order chi connectivity index (χ0) is 22.2. The van der Waals surface area contributed by atoms with Crippen LogP contribution in [0.3, 0.4) is 0 Å². The third-order valence-corrected chi connectivity index (χ3v) is 7.88. The number of carbonyl (C=O) groups is 1. The lowest BCUT2D eigenvalue weighted by Gasteiger charge is -2.30. The average molecular weight is 452 g/mol. The Balaban J connectivity index is 1.61. The summed E-state index contributed by atoms with van der Waals surface area (Å²) < 4.78 is 52.3. The molecule has 1 fully saturated rings. The molecule has 0 spiro atoms. The molecule has 0 saturated heterocycles. The number of pyridine rings is 1. The van der Waals surface area contributed by atoms with E-state index in [4.69, 9.17) is 4.78 Å². The number of alkyl halides is 2. The Morgan fingerprint density at radius 1 is 1.32 bits per heavy atom. The van der Waals surface area contributed by atoms with Crippen molar-refractivity contribution in [3.05, 3.63) is 41.5 Å². The second kappa shape index (κ2) is 8.66. The highest BCUT2D eigenvalue weighted by molar-refractivity contribution is 7.90. The molecule has 3 N–H and O–H groups in total. The van der Waals surface area contributed by atoms with E-state index >= 15 is 0 Å². The van der Waals surface area contributed by atoms with Crippen LogP contribution in [0.5, 0.6) is 0 Å². The summed E-state index contributed by atoms with van der Waals surface area (Å²) in [6.45, 7) is 0. The topological polar surface area (TPSA) is 99.9 Å². The lowest BCUT2D eigenvalue weighted by atomic mass is 9.82. The standard InChI is InChI=1S/C21H27F2N5O2S/c1-28-12-18-15(7-8-16(27-31(18,24)30)13-5-3-2-4-6-13)19(28)21(29)26-14-9-10-25-17(11-14)20(22)23/h9-13,16,20H,2-8H2,1H3,(H2,24,27,30)(H,25,26,29)/t16-,31?/m1/s1. The SMILES string of the molecule is Cn1cc2c(c1C(=O)Nc1ccnc(C(F)F)c1)CC[C@H](C1CCCCC1)NS2(=N)=O. The van der Waals surface area contributed by atoms with Crippen LogP contribution in [0.1, 0.15) is 66.7 Å². The summed E-state index contributed by atoms with van der Waals surface area (Å²) in [5.41, 5.74) is 0.686. The van der Waals surface area contributed by atoms with Gasteiger partial charge in [0.05, 0.1) is 4.90 Å². The second-order valence-corrected chi connectivity index (χ2v) is 10.2. The maximum absolute atomic E-state index is 13.3. The number of nitrogens with zero attached hydrogens (tertiary/aromatic N) is 2. The van der Waals surface area contributed by atoms with Gasteiger partial charge in [-0.05, 0) is 43.7 Å². The minimum atomic E-state index is -3.26. The predicted molar refractivity (Wildman–Crippen MR) is 114 cm³/mol. The summed E-state index contributed by atoms with van der Waals surface area (Å²) in [6, 6.07) is 2.56. The molecule has 1 amide bonds. The molecular weight excluding hydrogens is 424 g/mol. The first-order valence-corrected chi connectivity index (χ1v) is 12.1. The van der Waals surface area contributed by atoms with E-state index < -0.39 is 27.9 Å². The number of rotatable bonds is 4. The van der Waals surface area contributed by atoms with Crippen LogP contribution in [-0.4, -0.2) is 25.7 Å². The number of fused-ring (bicyclic) bond motifs is 1. The molecule has 0 aromatic carbocycles. The normalized spacial score (nSPS) is 24.6. The number of hydrogen-bond acceptors (Lipinski definition) is 4. The van der Waals surface area contributed by atoms with Crippen LogP contribution in [0, 0.1) is 10.7 Å². The number of aryl methyl sites for hydroxylation is 1. The molecule has 2 aliphatic rings. The maximum atomic E-state index is 13.3. The van der Waals surface area contributed by atoms with Gasteiger partial charge in [-0.3, -0.25) is 9.78 Å². The van der Waals surface area contributed by atoms with Crippen molar-refractivity contribution in [1.82, 2.24) is 14.3 Å². The summed E-state index contributed by atoms with van der Waals surface area (Å²) in [4.78, 5) is 17.0. The van der Waals surface area contributed by atoms with E-state index in [2.05, 4.69) is 15.0 Å². The fraction of sp³-hybridized carbons (Fsp3) is 0.524. The van der Waals surface area contributed by atoms with Gasteiger partial charge in [0.25, 0.3) is 12.3 Å². The van der Waals surface area contributed by atoms with Crippen molar-refractivity contribution in [3.63, 3.8) is 0 Å². The Morgan fingerprint density at radius 2 is 2.06 bits per heavy atom. The van der Waals surface area contributed by atoms with Crippen LogP contribution in [0.4, 0.5) is 14.5 Å². The van der Waals surface area contributed by atoms with Gasteiger partial charge in [-0.25, -0.2) is 22.5 Å². The summed E-state index contributed by atoms with van der Waals surface area (Å²) in [7, 11) is -1.60. The molecule has 2 atom stereocenters. The van der Waals surface area contributed by atoms with Crippen molar-refractivity contribution in [2.24, 2.45) is 13.0 Å². The fourth-order valence-corrected chi connectivity index (χ4v) is 6.49. The van der Waals surface area contributed by atoms with Gasteiger partial charge in [0, 0.05) is 36.7 Å². The van der Waals surface area contributed by atoms with Crippen molar-refractivity contribution in [2.45, 2.75) is 62.3 Å². The predicted octanol–water partition coefficient (Wildman–Crippen LogP) is 4.42. The van der Waals surface area contributed by atoms with Crippen molar-refractivity contribution in [2.75, 3.05) is 5.32 Å². The lowest BCUT2D eigenvalue weighted by Crippen LogP contribution is -2.39. The van der Waals surface area contributed by atoms with Crippen LogP contribution >= 0.6 is 0 Å². The van der Waals surface area contributed by atoms with Crippen molar-refractivity contribution >= 4 is 21.5 Å². The highest BCUT2D eigenvalue weighted by atomic mass is 32.2. The molecule has 7 nitrogen and oxygen atoms in total. The largest absolute Gasteiger partial charge is 0.345 e. The number of anilines is 1. The number of amides is 1. The molecular formula is C21H27F2N5O2S. The first-order chi connectivity index (χ1) is 14.8. The van der Waals surface area contributed by atoms with E-state index in [0.29, 0.717) is 34.9 Å². The van der Waals surface area contributed by atoms with Crippen LogP contribution < -0.4 is 10.0 Å². The molecule has 168 valence electrons. The van der Waals surface area contributed by atoms with Crippen LogP contribution in [0.2, 0.25) is 0 Å². The monoisotopic (exact) mass is 451 g/mol. The third-order valence-electron chi connectivity index (χ3n) is 6.28. The molecule has 2 aromatic heterocycles.